The number of ether oxygens (including phenoxy) is 2. The first-order valence-corrected chi connectivity index (χ1v) is 15.3. The van der Waals surface area contributed by atoms with Crippen molar-refractivity contribution in [1.29, 1.82) is 0 Å². The van der Waals surface area contributed by atoms with E-state index >= 15 is 0 Å². The molecule has 3 rings (SSSR count). The number of aliphatic hydroxyl groups excluding tert-OH is 3. The molecule has 1 saturated carbocycles. The van der Waals surface area contributed by atoms with Gasteiger partial charge in [-0.15, -0.1) is 0 Å². The van der Waals surface area contributed by atoms with Gasteiger partial charge in [0.05, 0.1) is 29.8 Å². The van der Waals surface area contributed by atoms with Gasteiger partial charge in [0.15, 0.2) is 0 Å². The van der Waals surface area contributed by atoms with E-state index in [0.717, 1.165) is 12.1 Å². The number of carbonyl (C=O) groups excluding carboxylic acids is 2. The summed E-state index contributed by atoms with van der Waals surface area (Å²) in [6, 6.07) is 9.52. The Hall–Kier alpha value is -3.83. The summed E-state index contributed by atoms with van der Waals surface area (Å²) < 4.78 is 49.2. The molecule has 2 aromatic carbocycles. The number of rotatable bonds is 17. The maximum atomic E-state index is 12.9. The van der Waals surface area contributed by atoms with E-state index in [4.69, 9.17) is 19.9 Å². The number of unbranched alkanes of at least 4 members (excludes halogenated alkanes) is 1. The number of benzene rings is 2. The van der Waals surface area contributed by atoms with Gasteiger partial charge in [0.2, 0.25) is 5.91 Å². The highest BCUT2D eigenvalue weighted by Gasteiger charge is 2.39. The van der Waals surface area contributed by atoms with Gasteiger partial charge >= 0.3 is 12.1 Å². The van der Waals surface area contributed by atoms with Gasteiger partial charge in [-0.1, -0.05) is 42.5 Å². The Balaban J connectivity index is 1.36. The third-order valence-corrected chi connectivity index (χ3v) is 7.62. The maximum absolute atomic E-state index is 12.9. The first-order chi connectivity index (χ1) is 22.7. The topological polar surface area (TPSA) is 178 Å². The lowest BCUT2D eigenvalue weighted by Crippen LogP contribution is -2.40. The number of carbonyl (C=O) groups is 2. The van der Waals surface area contributed by atoms with Crippen LogP contribution in [0.25, 0.3) is 0 Å². The highest BCUT2D eigenvalue weighted by atomic mass is 19.4. The fourth-order valence-electron chi connectivity index (χ4n) is 5.08. The average Bonchev–Trinajstić information content (AvgIpc) is 3.30. The van der Waals surface area contributed by atoms with Crippen molar-refractivity contribution in [1.82, 2.24) is 10.7 Å². The van der Waals surface area contributed by atoms with E-state index in [1.807, 2.05) is 12.2 Å². The largest absolute Gasteiger partial charge is 0.491 e. The molecule has 264 valence electrons. The van der Waals surface area contributed by atoms with E-state index < -0.39 is 53.4 Å². The van der Waals surface area contributed by atoms with Crippen molar-refractivity contribution in [3.8, 4) is 11.5 Å². The van der Waals surface area contributed by atoms with E-state index in [0.29, 0.717) is 24.8 Å². The van der Waals surface area contributed by atoms with E-state index in [1.165, 1.54) is 37.3 Å². The average molecular weight is 683 g/mol. The van der Waals surface area contributed by atoms with Crippen LogP contribution in [0, 0.1) is 11.8 Å². The molecule has 0 aliphatic heterocycles. The summed E-state index contributed by atoms with van der Waals surface area (Å²) in [5, 5.41) is 50.5. The van der Waals surface area contributed by atoms with Crippen molar-refractivity contribution < 1.29 is 62.8 Å². The molecule has 48 heavy (non-hydrogen) atoms. The van der Waals surface area contributed by atoms with E-state index in [2.05, 4.69) is 10.2 Å². The second-order valence-electron chi connectivity index (χ2n) is 11.4. The van der Waals surface area contributed by atoms with Gasteiger partial charge in [0.1, 0.15) is 30.3 Å². The van der Waals surface area contributed by atoms with Crippen LogP contribution in [0.3, 0.4) is 0 Å². The molecule has 1 fully saturated rings. The number of nitrogens with one attached hydrogen (secondary N) is 1. The molecule has 1 amide bonds. The van der Waals surface area contributed by atoms with Crippen molar-refractivity contribution in [3.63, 3.8) is 0 Å². The molecule has 0 radical (unpaired) electrons. The number of esters is 1. The zero-order chi connectivity index (χ0) is 35.3. The normalized spacial score (nSPS) is 21.1. The fourth-order valence-corrected chi connectivity index (χ4v) is 5.08. The summed E-state index contributed by atoms with van der Waals surface area (Å²) in [5.41, 5.74) is -0.278. The number of aliphatic hydroxyl groups is 3. The summed E-state index contributed by atoms with van der Waals surface area (Å²) in [7, 11) is 0. The number of allylic oxidation sites excluding steroid dienone is 2. The van der Waals surface area contributed by atoms with Gasteiger partial charge in [0, 0.05) is 18.8 Å². The van der Waals surface area contributed by atoms with E-state index in [1.54, 1.807) is 18.2 Å². The Morgan fingerprint density at radius 2 is 1.79 bits per heavy atom. The molecule has 6 atom stereocenters. The molecule has 12 nitrogen and oxygen atoms in total. The van der Waals surface area contributed by atoms with Crippen LogP contribution >= 0.6 is 0 Å². The minimum absolute atomic E-state index is 0.0429. The second kappa shape index (κ2) is 18.6. The standard InChI is InChI=1S/C33H41F3N2O10/c1-21(32(43)48-25-14-11-22(12-15-25)19-47-38(44)45)37-31(42)10-5-3-2-4-9-27-28(30(41)18-29(27)40)16-13-24(39)20-46-26-8-6-7-23(17-26)33(34,35)36/h2,4,6-8,11-17,21,24,27-30,39-41,44-45H,3,5,9-10,18-20H2,1H3,(H,37,42)/b4-2-,16-13+/t21?,24-,27-,28-,29+,30-/m1/s1. The second-order valence-corrected chi connectivity index (χ2v) is 11.4. The molecule has 1 aliphatic carbocycles. The molecule has 1 aliphatic rings. The van der Waals surface area contributed by atoms with E-state index in [-0.39, 0.29) is 49.4 Å². The van der Waals surface area contributed by atoms with Crippen LogP contribution in [0.4, 0.5) is 13.2 Å². The predicted molar refractivity (Wildman–Crippen MR) is 163 cm³/mol. The maximum Gasteiger partial charge on any atom is 0.416 e. The lowest BCUT2D eigenvalue weighted by Gasteiger charge is -2.19. The van der Waals surface area contributed by atoms with Crippen molar-refractivity contribution in [2.24, 2.45) is 11.8 Å². The Morgan fingerprint density at radius 1 is 1.06 bits per heavy atom. The fraction of sp³-hybridized carbons (Fsp3) is 0.455. The van der Waals surface area contributed by atoms with Gasteiger partial charge in [-0.3, -0.25) is 15.2 Å². The quantitative estimate of drug-likeness (QED) is 0.0466. The van der Waals surface area contributed by atoms with Gasteiger partial charge in [-0.25, -0.2) is 9.63 Å². The number of hydrogen-bond acceptors (Lipinski definition) is 11. The van der Waals surface area contributed by atoms with Crippen molar-refractivity contribution in [2.75, 3.05) is 6.61 Å². The summed E-state index contributed by atoms with van der Waals surface area (Å²) >= 11 is 0. The monoisotopic (exact) mass is 682 g/mol. The van der Waals surface area contributed by atoms with E-state index in [9.17, 15) is 38.1 Å². The Kier molecular flexibility index (Phi) is 15.0. The number of halogens is 3. The molecule has 6 N–H and O–H groups in total. The lowest BCUT2D eigenvalue weighted by atomic mass is 9.89. The zero-order valence-corrected chi connectivity index (χ0v) is 26.2. The van der Waals surface area contributed by atoms with Crippen molar-refractivity contribution in [3.05, 3.63) is 84.0 Å². The minimum Gasteiger partial charge on any atom is -0.491 e. The first-order valence-electron chi connectivity index (χ1n) is 15.3. The molecule has 0 bridgehead atoms. The zero-order valence-electron chi connectivity index (χ0n) is 26.2. The first kappa shape index (κ1) is 38.6. The number of alkyl halides is 3. The number of nitrogens with zero attached hydrogens (tertiary/aromatic N) is 1. The van der Waals surface area contributed by atoms with Crippen molar-refractivity contribution >= 4 is 11.9 Å². The summed E-state index contributed by atoms with van der Waals surface area (Å²) in [5.74, 6) is -1.62. The van der Waals surface area contributed by atoms with Crippen LogP contribution in [0.15, 0.2) is 72.8 Å². The molecule has 0 aromatic heterocycles. The SMILES string of the molecule is CC(NC(=O)CCC/C=C\C[C@@H]1[C@@H](/C=C/[C@@H](O)COc2cccc(C(F)(F)F)c2)[C@H](O)C[C@@H]1O)C(=O)Oc1ccc(CON(O)O)cc1. The highest BCUT2D eigenvalue weighted by Crippen LogP contribution is 2.36. The van der Waals surface area contributed by atoms with Gasteiger partial charge in [0.25, 0.3) is 0 Å². The third-order valence-electron chi connectivity index (χ3n) is 7.62. The van der Waals surface area contributed by atoms with Crippen LogP contribution in [0.2, 0.25) is 0 Å². The summed E-state index contributed by atoms with van der Waals surface area (Å²) in [4.78, 5) is 29.1. The lowest BCUT2D eigenvalue weighted by molar-refractivity contribution is -0.497. The third kappa shape index (κ3) is 13.0. The molecule has 15 heteroatoms. The molecule has 0 saturated heterocycles. The van der Waals surface area contributed by atoms with Crippen LogP contribution in [-0.2, 0) is 27.2 Å². The van der Waals surface area contributed by atoms with Gasteiger partial charge in [-0.2, -0.15) is 13.2 Å². The molecule has 0 spiro atoms. The van der Waals surface area contributed by atoms with Crippen LogP contribution in [-0.4, -0.2) is 74.0 Å². The Labute approximate surface area is 275 Å². The summed E-state index contributed by atoms with van der Waals surface area (Å²) in [6.45, 7) is 1.07. The van der Waals surface area contributed by atoms with Gasteiger partial charge in [-0.05, 0) is 68.0 Å². The number of amides is 1. The number of hydrogen-bond donors (Lipinski definition) is 6. The van der Waals surface area contributed by atoms with Crippen molar-refractivity contribution in [2.45, 2.75) is 76.2 Å². The van der Waals surface area contributed by atoms with Gasteiger partial charge < -0.3 is 30.1 Å². The Morgan fingerprint density at radius 3 is 2.48 bits per heavy atom. The molecular weight excluding hydrogens is 641 g/mol. The minimum atomic E-state index is -4.52. The highest BCUT2D eigenvalue weighted by molar-refractivity contribution is 5.85. The van der Waals surface area contributed by atoms with Crippen LogP contribution in [0.5, 0.6) is 11.5 Å². The molecule has 1 unspecified atom stereocenters. The molecule has 0 heterocycles. The smallest absolute Gasteiger partial charge is 0.416 e. The van der Waals surface area contributed by atoms with Crippen LogP contribution in [0.1, 0.15) is 50.2 Å². The summed E-state index contributed by atoms with van der Waals surface area (Å²) in [6.07, 6.45) is 1.14. The Bertz CT molecular complexity index is 1370. The van der Waals surface area contributed by atoms with Crippen LogP contribution < -0.4 is 14.8 Å². The molecular formula is C33H41F3N2O10. The molecule has 2 aromatic rings. The predicted octanol–water partition coefficient (Wildman–Crippen LogP) is 4.10.